The lowest BCUT2D eigenvalue weighted by Gasteiger charge is -2.06. The molecule has 0 saturated carbocycles. The van der Waals surface area contributed by atoms with Crippen LogP contribution >= 0.6 is 0 Å². The maximum Gasteiger partial charge on any atom is 0.412 e. The van der Waals surface area contributed by atoms with Crippen molar-refractivity contribution in [2.45, 2.75) is 6.92 Å². The molecule has 0 saturated heterocycles. The van der Waals surface area contributed by atoms with Crippen molar-refractivity contribution >= 4 is 11.8 Å². The van der Waals surface area contributed by atoms with Gasteiger partial charge in [-0.05, 0) is 19.1 Å². The van der Waals surface area contributed by atoms with E-state index < -0.39 is 11.0 Å². The van der Waals surface area contributed by atoms with Crippen molar-refractivity contribution in [2.24, 2.45) is 0 Å². The van der Waals surface area contributed by atoms with Crippen molar-refractivity contribution < 1.29 is 14.5 Å². The Balaban J connectivity index is 2.50. The average Bonchev–Trinajstić information content (AvgIpc) is 2.37. The topological polar surface area (TPSA) is 81.5 Å². The third-order valence-electron chi connectivity index (χ3n) is 2.17. The molecule has 1 aromatic carbocycles. The summed E-state index contributed by atoms with van der Waals surface area (Å²) in [6, 6.07) is 5.27. The van der Waals surface area contributed by atoms with Gasteiger partial charge < -0.3 is 10.1 Å². The highest BCUT2D eigenvalue weighted by Crippen LogP contribution is 2.17. The zero-order chi connectivity index (χ0) is 14.3. The summed E-state index contributed by atoms with van der Waals surface area (Å²) < 4.78 is 4.95. The molecule has 0 fully saturated rings. The number of hydrogen-bond acceptors (Lipinski definition) is 4. The standard InChI is InChI=1S/C13H14N2O4/c1-3-4-10(2)9-14-13(16)19-12-7-5-11(6-8-12)15(17)18/h3-8H,1,9H2,2H3,(H,14,16)/b10-4+. The number of benzene rings is 1. The molecule has 0 aliphatic heterocycles. The van der Waals surface area contributed by atoms with E-state index in [1.807, 2.05) is 6.92 Å². The Morgan fingerprint density at radius 2 is 2.11 bits per heavy atom. The lowest BCUT2D eigenvalue weighted by atomic mass is 10.3. The minimum absolute atomic E-state index is 0.0579. The third kappa shape index (κ3) is 5.03. The van der Waals surface area contributed by atoms with Crippen molar-refractivity contribution in [1.29, 1.82) is 0 Å². The van der Waals surface area contributed by atoms with Crippen molar-refractivity contribution in [3.05, 3.63) is 58.7 Å². The molecule has 0 aliphatic carbocycles. The molecule has 6 nitrogen and oxygen atoms in total. The van der Waals surface area contributed by atoms with E-state index in [4.69, 9.17) is 4.74 Å². The van der Waals surface area contributed by atoms with Crippen LogP contribution in [0.4, 0.5) is 10.5 Å². The fraction of sp³-hybridized carbons (Fsp3) is 0.154. The second kappa shape index (κ2) is 6.95. The summed E-state index contributed by atoms with van der Waals surface area (Å²) >= 11 is 0. The molecular weight excluding hydrogens is 248 g/mol. The van der Waals surface area contributed by atoms with E-state index in [0.717, 1.165) is 5.57 Å². The van der Waals surface area contributed by atoms with E-state index in [2.05, 4.69) is 11.9 Å². The van der Waals surface area contributed by atoms with E-state index in [9.17, 15) is 14.9 Å². The Labute approximate surface area is 110 Å². The zero-order valence-electron chi connectivity index (χ0n) is 10.5. The number of non-ortho nitro benzene ring substituents is 1. The van der Waals surface area contributed by atoms with Crippen LogP contribution in [0.3, 0.4) is 0 Å². The number of nitro groups is 1. The van der Waals surface area contributed by atoms with Gasteiger partial charge in [0.15, 0.2) is 0 Å². The summed E-state index contributed by atoms with van der Waals surface area (Å²) in [5, 5.41) is 13.0. The summed E-state index contributed by atoms with van der Waals surface area (Å²) in [6.07, 6.45) is 2.77. The Morgan fingerprint density at radius 1 is 1.47 bits per heavy atom. The normalized spacial score (nSPS) is 10.7. The monoisotopic (exact) mass is 262 g/mol. The molecular formula is C13H14N2O4. The quantitative estimate of drug-likeness (QED) is 0.502. The van der Waals surface area contributed by atoms with Crippen LogP contribution < -0.4 is 10.1 Å². The third-order valence-corrected chi connectivity index (χ3v) is 2.17. The van der Waals surface area contributed by atoms with Crippen LogP contribution in [0.5, 0.6) is 5.75 Å². The predicted molar refractivity (Wildman–Crippen MR) is 71.1 cm³/mol. The van der Waals surface area contributed by atoms with Crippen LogP contribution in [0.25, 0.3) is 0 Å². The minimum Gasteiger partial charge on any atom is -0.410 e. The maximum atomic E-state index is 11.4. The van der Waals surface area contributed by atoms with Crippen molar-refractivity contribution in [1.82, 2.24) is 5.32 Å². The van der Waals surface area contributed by atoms with Gasteiger partial charge in [0.25, 0.3) is 5.69 Å². The van der Waals surface area contributed by atoms with Crippen LogP contribution in [-0.4, -0.2) is 17.6 Å². The van der Waals surface area contributed by atoms with Crippen LogP contribution in [0.2, 0.25) is 0 Å². The van der Waals surface area contributed by atoms with Gasteiger partial charge >= 0.3 is 6.09 Å². The summed E-state index contributed by atoms with van der Waals surface area (Å²) in [6.45, 7) is 5.73. The number of hydrogen-bond donors (Lipinski definition) is 1. The van der Waals surface area contributed by atoms with E-state index in [1.165, 1.54) is 24.3 Å². The summed E-state index contributed by atoms with van der Waals surface area (Å²) in [5.74, 6) is 0.244. The van der Waals surface area contributed by atoms with Crippen LogP contribution in [0.15, 0.2) is 48.6 Å². The second-order valence-electron chi connectivity index (χ2n) is 3.74. The number of nitrogens with zero attached hydrogens (tertiary/aromatic N) is 1. The maximum absolute atomic E-state index is 11.4. The fourth-order valence-corrected chi connectivity index (χ4v) is 1.25. The molecule has 6 heteroatoms. The van der Waals surface area contributed by atoms with E-state index in [-0.39, 0.29) is 11.4 Å². The van der Waals surface area contributed by atoms with E-state index >= 15 is 0 Å². The van der Waals surface area contributed by atoms with Gasteiger partial charge in [-0.15, -0.1) is 0 Å². The number of nitrogens with one attached hydrogen (secondary N) is 1. The van der Waals surface area contributed by atoms with Gasteiger partial charge in [-0.2, -0.15) is 0 Å². The molecule has 1 amide bonds. The Kier molecular flexibility index (Phi) is 5.28. The van der Waals surface area contributed by atoms with E-state index in [0.29, 0.717) is 6.54 Å². The van der Waals surface area contributed by atoms with E-state index in [1.54, 1.807) is 12.2 Å². The average molecular weight is 262 g/mol. The molecule has 0 atom stereocenters. The minimum atomic E-state index is -0.620. The molecule has 100 valence electrons. The first-order valence-corrected chi connectivity index (χ1v) is 5.51. The molecule has 0 heterocycles. The molecule has 0 bridgehead atoms. The van der Waals surface area contributed by atoms with Crippen molar-refractivity contribution in [3.63, 3.8) is 0 Å². The first-order valence-electron chi connectivity index (χ1n) is 5.51. The molecule has 1 rings (SSSR count). The van der Waals surface area contributed by atoms with Crippen LogP contribution in [0.1, 0.15) is 6.92 Å². The fourth-order valence-electron chi connectivity index (χ4n) is 1.25. The lowest BCUT2D eigenvalue weighted by Crippen LogP contribution is -2.28. The van der Waals surface area contributed by atoms with Crippen molar-refractivity contribution in [3.8, 4) is 5.75 Å². The molecule has 0 unspecified atom stereocenters. The molecule has 0 spiro atoms. The first kappa shape index (κ1) is 14.4. The number of nitro benzene ring substituents is 1. The number of amides is 1. The smallest absolute Gasteiger partial charge is 0.410 e. The molecule has 0 aromatic heterocycles. The van der Waals surface area contributed by atoms with Gasteiger partial charge in [0.1, 0.15) is 5.75 Å². The highest BCUT2D eigenvalue weighted by atomic mass is 16.6. The largest absolute Gasteiger partial charge is 0.412 e. The highest BCUT2D eigenvalue weighted by Gasteiger charge is 2.07. The van der Waals surface area contributed by atoms with Gasteiger partial charge in [0.05, 0.1) is 4.92 Å². The summed E-state index contributed by atoms with van der Waals surface area (Å²) in [4.78, 5) is 21.3. The van der Waals surface area contributed by atoms with Crippen LogP contribution in [0, 0.1) is 10.1 Å². The molecule has 0 radical (unpaired) electrons. The van der Waals surface area contributed by atoms with Gasteiger partial charge in [-0.1, -0.05) is 24.3 Å². The molecule has 1 N–H and O–H groups in total. The lowest BCUT2D eigenvalue weighted by molar-refractivity contribution is -0.384. The SMILES string of the molecule is C=C/C=C(\C)CNC(=O)Oc1ccc([N+](=O)[O-])cc1. The van der Waals surface area contributed by atoms with Crippen LogP contribution in [-0.2, 0) is 0 Å². The number of carbonyl (C=O) groups excluding carboxylic acids is 1. The molecule has 1 aromatic rings. The summed E-state index contributed by atoms with van der Waals surface area (Å²) in [5.41, 5.74) is 0.869. The molecule has 19 heavy (non-hydrogen) atoms. The number of rotatable bonds is 5. The van der Waals surface area contributed by atoms with Crippen molar-refractivity contribution in [2.75, 3.05) is 6.54 Å². The van der Waals surface area contributed by atoms with Gasteiger partial charge in [0, 0.05) is 18.7 Å². The zero-order valence-corrected chi connectivity index (χ0v) is 10.5. The highest BCUT2D eigenvalue weighted by molar-refractivity contribution is 5.70. The number of carbonyl (C=O) groups is 1. The van der Waals surface area contributed by atoms with Gasteiger partial charge in [-0.3, -0.25) is 10.1 Å². The second-order valence-corrected chi connectivity index (χ2v) is 3.74. The summed E-state index contributed by atoms with van der Waals surface area (Å²) in [7, 11) is 0. The van der Waals surface area contributed by atoms with Gasteiger partial charge in [0.2, 0.25) is 0 Å². The number of allylic oxidation sites excluding steroid dienone is 2. The Bertz CT molecular complexity index is 506. The number of ether oxygens (including phenoxy) is 1. The Hall–Kier alpha value is -2.63. The molecule has 0 aliphatic rings. The Morgan fingerprint density at radius 3 is 2.63 bits per heavy atom. The first-order chi connectivity index (χ1) is 9.02. The van der Waals surface area contributed by atoms with Gasteiger partial charge in [-0.25, -0.2) is 4.79 Å². The predicted octanol–water partition coefficient (Wildman–Crippen LogP) is 2.82.